The number of hydrazone groups is 1. The third-order valence-corrected chi connectivity index (χ3v) is 3.46. The van der Waals surface area contributed by atoms with Crippen LogP contribution in [0.15, 0.2) is 53.6 Å². The van der Waals surface area contributed by atoms with Crippen LogP contribution in [0.2, 0.25) is 0 Å². The Hall–Kier alpha value is -2.86. The van der Waals surface area contributed by atoms with E-state index in [0.29, 0.717) is 22.6 Å². The summed E-state index contributed by atoms with van der Waals surface area (Å²) >= 11 is 0. The van der Waals surface area contributed by atoms with Crippen molar-refractivity contribution in [2.24, 2.45) is 5.10 Å². The summed E-state index contributed by atoms with van der Waals surface area (Å²) in [7, 11) is 0. The van der Waals surface area contributed by atoms with E-state index in [1.165, 1.54) is 6.21 Å². The van der Waals surface area contributed by atoms with E-state index in [2.05, 4.69) is 10.5 Å². The van der Waals surface area contributed by atoms with Crippen molar-refractivity contribution in [3.05, 3.63) is 59.7 Å². The molecule has 0 bridgehead atoms. The van der Waals surface area contributed by atoms with Crippen molar-refractivity contribution in [3.63, 3.8) is 0 Å². The van der Waals surface area contributed by atoms with E-state index in [4.69, 9.17) is 9.47 Å². The standard InChI is InChI=1S/C21H26N2O4/c1-14(2)26-18-11-10-17(19(12-18)27-15(3)4)13-22-23-21(25)20(24)16-8-6-5-7-9-16/h5-15,20,24H,1-4H3,(H,23,25)/b22-13-/t20-/m0/s1. The Labute approximate surface area is 159 Å². The van der Waals surface area contributed by atoms with E-state index >= 15 is 0 Å². The lowest BCUT2D eigenvalue weighted by atomic mass is 10.1. The van der Waals surface area contributed by atoms with E-state index < -0.39 is 12.0 Å². The smallest absolute Gasteiger partial charge is 0.273 e. The molecule has 1 amide bonds. The number of carbonyl (C=O) groups excluding carboxylic acids is 1. The Morgan fingerprint density at radius 3 is 2.33 bits per heavy atom. The van der Waals surface area contributed by atoms with Gasteiger partial charge in [-0.05, 0) is 45.4 Å². The lowest BCUT2D eigenvalue weighted by Gasteiger charge is -2.15. The van der Waals surface area contributed by atoms with Gasteiger partial charge in [0.2, 0.25) is 0 Å². The van der Waals surface area contributed by atoms with Crippen LogP contribution < -0.4 is 14.9 Å². The molecule has 2 rings (SSSR count). The quantitative estimate of drug-likeness (QED) is 0.551. The molecule has 0 aliphatic carbocycles. The van der Waals surface area contributed by atoms with Crippen LogP contribution in [0.5, 0.6) is 11.5 Å². The third-order valence-electron chi connectivity index (χ3n) is 3.46. The number of carbonyl (C=O) groups is 1. The van der Waals surface area contributed by atoms with E-state index in [-0.39, 0.29) is 12.2 Å². The summed E-state index contributed by atoms with van der Waals surface area (Å²) in [6, 6.07) is 14.1. The molecule has 0 aliphatic rings. The Balaban J connectivity index is 2.09. The van der Waals surface area contributed by atoms with Crippen LogP contribution in [0.3, 0.4) is 0 Å². The number of rotatable bonds is 8. The van der Waals surface area contributed by atoms with Gasteiger partial charge in [0.05, 0.1) is 18.4 Å². The SMILES string of the molecule is CC(C)Oc1ccc(/C=N\NC(=O)[C@@H](O)c2ccccc2)c(OC(C)C)c1. The number of nitrogens with one attached hydrogen (secondary N) is 1. The molecule has 2 N–H and O–H groups in total. The van der Waals surface area contributed by atoms with Crippen molar-refractivity contribution < 1.29 is 19.4 Å². The van der Waals surface area contributed by atoms with Gasteiger partial charge in [-0.2, -0.15) is 5.10 Å². The molecule has 0 saturated heterocycles. The zero-order valence-electron chi connectivity index (χ0n) is 16.0. The highest BCUT2D eigenvalue weighted by molar-refractivity contribution is 5.87. The summed E-state index contributed by atoms with van der Waals surface area (Å²) in [5, 5.41) is 14.0. The molecule has 0 saturated carbocycles. The first-order valence-electron chi connectivity index (χ1n) is 8.90. The zero-order chi connectivity index (χ0) is 19.8. The number of hydrogen-bond acceptors (Lipinski definition) is 5. The number of ether oxygens (including phenoxy) is 2. The van der Waals surface area contributed by atoms with Crippen molar-refractivity contribution in [1.29, 1.82) is 0 Å². The summed E-state index contributed by atoms with van der Waals surface area (Å²) in [5.74, 6) is 0.689. The summed E-state index contributed by atoms with van der Waals surface area (Å²) in [5.41, 5.74) is 3.54. The minimum atomic E-state index is -1.28. The normalized spacial score (nSPS) is 12.4. The third kappa shape index (κ3) is 6.42. The van der Waals surface area contributed by atoms with Gasteiger partial charge in [-0.3, -0.25) is 4.79 Å². The lowest BCUT2D eigenvalue weighted by Crippen LogP contribution is -2.25. The molecule has 6 heteroatoms. The Bertz CT molecular complexity index is 773. The van der Waals surface area contributed by atoms with Crippen LogP contribution >= 0.6 is 0 Å². The van der Waals surface area contributed by atoms with Crippen LogP contribution in [0.25, 0.3) is 0 Å². The van der Waals surface area contributed by atoms with Crippen LogP contribution in [0.1, 0.15) is 44.9 Å². The van der Waals surface area contributed by atoms with E-state index in [0.717, 1.165) is 0 Å². The van der Waals surface area contributed by atoms with Crippen molar-refractivity contribution in [3.8, 4) is 11.5 Å². The van der Waals surface area contributed by atoms with E-state index in [9.17, 15) is 9.90 Å². The first-order valence-corrected chi connectivity index (χ1v) is 8.90. The van der Waals surface area contributed by atoms with Gasteiger partial charge in [0.15, 0.2) is 6.10 Å². The molecule has 0 spiro atoms. The number of amides is 1. The molecule has 0 aromatic heterocycles. The molecule has 0 aliphatic heterocycles. The van der Waals surface area contributed by atoms with Gasteiger partial charge in [-0.15, -0.1) is 0 Å². The minimum absolute atomic E-state index is 0.0269. The predicted octanol–water partition coefficient (Wildman–Crippen LogP) is 3.44. The van der Waals surface area contributed by atoms with Crippen LogP contribution in [-0.2, 0) is 4.79 Å². The molecule has 2 aromatic carbocycles. The number of benzene rings is 2. The fourth-order valence-corrected chi connectivity index (χ4v) is 2.34. The van der Waals surface area contributed by atoms with Crippen molar-refractivity contribution in [1.82, 2.24) is 5.43 Å². The van der Waals surface area contributed by atoms with Gasteiger partial charge in [0.25, 0.3) is 5.91 Å². The average Bonchev–Trinajstić information content (AvgIpc) is 2.62. The van der Waals surface area contributed by atoms with Gasteiger partial charge in [0.1, 0.15) is 11.5 Å². The van der Waals surface area contributed by atoms with E-state index in [1.54, 1.807) is 36.4 Å². The largest absolute Gasteiger partial charge is 0.491 e. The monoisotopic (exact) mass is 370 g/mol. The van der Waals surface area contributed by atoms with Gasteiger partial charge in [-0.25, -0.2) is 5.43 Å². The van der Waals surface area contributed by atoms with Crippen molar-refractivity contribution >= 4 is 12.1 Å². The maximum atomic E-state index is 12.0. The summed E-state index contributed by atoms with van der Waals surface area (Å²) in [6.45, 7) is 7.75. The zero-order valence-corrected chi connectivity index (χ0v) is 16.0. The molecule has 0 unspecified atom stereocenters. The summed E-state index contributed by atoms with van der Waals surface area (Å²) < 4.78 is 11.5. The fraction of sp³-hybridized carbons (Fsp3) is 0.333. The van der Waals surface area contributed by atoms with Crippen LogP contribution in [0.4, 0.5) is 0 Å². The van der Waals surface area contributed by atoms with Crippen LogP contribution in [-0.4, -0.2) is 29.4 Å². The molecule has 0 heterocycles. The highest BCUT2D eigenvalue weighted by atomic mass is 16.5. The molecule has 0 fully saturated rings. The summed E-state index contributed by atoms with van der Waals surface area (Å²) in [6.07, 6.45) is 0.222. The number of hydrogen-bond donors (Lipinski definition) is 2. The van der Waals surface area contributed by atoms with Crippen LogP contribution in [0, 0.1) is 0 Å². The maximum absolute atomic E-state index is 12.0. The van der Waals surface area contributed by atoms with E-state index in [1.807, 2.05) is 39.8 Å². The van der Waals surface area contributed by atoms with Crippen molar-refractivity contribution in [2.75, 3.05) is 0 Å². The van der Waals surface area contributed by atoms with Gasteiger partial charge in [0, 0.05) is 11.6 Å². The van der Waals surface area contributed by atoms with Gasteiger partial charge in [-0.1, -0.05) is 30.3 Å². The highest BCUT2D eigenvalue weighted by Gasteiger charge is 2.16. The topological polar surface area (TPSA) is 80.2 Å². The molecule has 27 heavy (non-hydrogen) atoms. The second-order valence-corrected chi connectivity index (χ2v) is 6.58. The Morgan fingerprint density at radius 2 is 1.70 bits per heavy atom. The molecule has 2 aromatic rings. The number of aliphatic hydroxyl groups is 1. The Morgan fingerprint density at radius 1 is 1.04 bits per heavy atom. The van der Waals surface area contributed by atoms with Gasteiger partial charge < -0.3 is 14.6 Å². The predicted molar refractivity (Wildman–Crippen MR) is 105 cm³/mol. The second-order valence-electron chi connectivity index (χ2n) is 6.58. The highest BCUT2D eigenvalue weighted by Crippen LogP contribution is 2.25. The van der Waals surface area contributed by atoms with Crippen molar-refractivity contribution in [2.45, 2.75) is 46.0 Å². The number of aliphatic hydroxyl groups excluding tert-OH is 1. The fourth-order valence-electron chi connectivity index (χ4n) is 2.34. The summed E-state index contributed by atoms with van der Waals surface area (Å²) in [4.78, 5) is 12.0. The first kappa shape index (κ1) is 20.5. The second kappa shape index (κ2) is 9.73. The number of nitrogens with zero attached hydrogens (tertiary/aromatic N) is 1. The molecular weight excluding hydrogens is 344 g/mol. The lowest BCUT2D eigenvalue weighted by molar-refractivity contribution is -0.129. The molecule has 1 atom stereocenters. The molecular formula is C21H26N2O4. The average molecular weight is 370 g/mol. The minimum Gasteiger partial charge on any atom is -0.491 e. The molecule has 0 radical (unpaired) electrons. The Kier molecular flexibility index (Phi) is 7.37. The first-order chi connectivity index (χ1) is 12.9. The van der Waals surface area contributed by atoms with Gasteiger partial charge >= 0.3 is 0 Å². The molecule has 144 valence electrons. The maximum Gasteiger partial charge on any atom is 0.273 e. The molecule has 6 nitrogen and oxygen atoms in total.